The smallest absolute Gasteiger partial charge is 0.306 e. The third-order valence-corrected chi connectivity index (χ3v) is 3.08. The fraction of sp³-hybridized carbons (Fsp3) is 0.533. The van der Waals surface area contributed by atoms with Crippen molar-refractivity contribution in [2.24, 2.45) is 5.92 Å². The van der Waals surface area contributed by atoms with Crippen LogP contribution in [-0.4, -0.2) is 52.7 Å². The van der Waals surface area contributed by atoms with Crippen LogP contribution in [0.25, 0.3) is 0 Å². The lowest BCUT2D eigenvalue weighted by Gasteiger charge is -2.18. The summed E-state index contributed by atoms with van der Waals surface area (Å²) in [6, 6.07) is 3.36. The minimum atomic E-state index is -0.401. The molecule has 1 aromatic rings. The number of benzene rings is 1. The summed E-state index contributed by atoms with van der Waals surface area (Å²) in [5.41, 5.74) is 0. The van der Waals surface area contributed by atoms with Crippen LogP contribution >= 0.6 is 0 Å². The first-order valence-corrected chi connectivity index (χ1v) is 6.70. The molecule has 1 unspecified atom stereocenters. The highest BCUT2D eigenvalue weighted by Crippen LogP contribution is 2.44. The van der Waals surface area contributed by atoms with Crippen molar-refractivity contribution in [3.05, 3.63) is 12.1 Å². The summed E-state index contributed by atoms with van der Waals surface area (Å²) in [4.78, 5) is 11.2. The maximum absolute atomic E-state index is 11.2. The topological polar surface area (TPSA) is 83.5 Å². The van der Waals surface area contributed by atoms with Crippen molar-refractivity contribution in [2.75, 3.05) is 41.7 Å². The summed E-state index contributed by atoms with van der Waals surface area (Å²) in [5.74, 6) is 0.975. The van der Waals surface area contributed by atoms with Gasteiger partial charge >= 0.3 is 5.97 Å². The summed E-state index contributed by atoms with van der Waals surface area (Å²) >= 11 is 0. The number of carbonyl (C=O) groups excluding carboxylic acids is 1. The maximum Gasteiger partial charge on any atom is 0.306 e. The van der Waals surface area contributed by atoms with E-state index in [4.69, 9.17) is 18.9 Å². The van der Waals surface area contributed by atoms with E-state index in [9.17, 15) is 9.90 Å². The van der Waals surface area contributed by atoms with Gasteiger partial charge in [0.25, 0.3) is 0 Å². The maximum atomic E-state index is 11.2. The van der Waals surface area contributed by atoms with Crippen molar-refractivity contribution in [1.82, 2.24) is 0 Å². The molecule has 0 saturated heterocycles. The zero-order valence-electron chi connectivity index (χ0n) is 13.3. The molecule has 0 aliphatic carbocycles. The molecule has 0 aromatic heterocycles. The van der Waals surface area contributed by atoms with Crippen LogP contribution in [-0.2, 0) is 9.53 Å². The Balaban J connectivity index is 2.86. The van der Waals surface area contributed by atoms with Gasteiger partial charge in [-0.3, -0.25) is 4.79 Å². The molecule has 124 valence electrons. The van der Waals surface area contributed by atoms with Crippen molar-refractivity contribution in [1.29, 1.82) is 0 Å². The Morgan fingerprint density at radius 2 is 1.64 bits per heavy atom. The van der Waals surface area contributed by atoms with Crippen molar-refractivity contribution in [3.8, 4) is 23.0 Å². The van der Waals surface area contributed by atoms with Crippen LogP contribution in [0.3, 0.4) is 0 Å². The first-order valence-electron chi connectivity index (χ1n) is 6.70. The second-order valence-electron chi connectivity index (χ2n) is 4.47. The van der Waals surface area contributed by atoms with Gasteiger partial charge in [-0.05, 0) is 12.1 Å². The number of esters is 1. The molecule has 0 bridgehead atoms. The number of hydrogen-bond donors (Lipinski definition) is 1. The number of methoxy groups -OCH3 is 4. The lowest BCUT2D eigenvalue weighted by molar-refractivity contribution is -0.142. The average Bonchev–Trinajstić information content (AvgIpc) is 2.56. The Labute approximate surface area is 129 Å². The predicted octanol–water partition coefficient (Wildman–Crippen LogP) is 1.26. The molecular weight excluding hydrogens is 292 g/mol. The first kappa shape index (κ1) is 17.9. The molecule has 0 aliphatic rings. The molecule has 0 spiro atoms. The molecule has 0 saturated carbocycles. The van der Waals surface area contributed by atoms with Crippen LogP contribution in [0.1, 0.15) is 6.42 Å². The third-order valence-electron chi connectivity index (χ3n) is 3.08. The lowest BCUT2D eigenvalue weighted by Crippen LogP contribution is -2.20. The molecule has 1 N–H and O–H groups in total. The average molecular weight is 314 g/mol. The van der Waals surface area contributed by atoms with Gasteiger partial charge in [-0.15, -0.1) is 0 Å². The van der Waals surface area contributed by atoms with E-state index < -0.39 is 5.97 Å². The number of hydrogen-bond acceptors (Lipinski definition) is 7. The number of aliphatic hydroxyl groups excluding tert-OH is 1. The van der Waals surface area contributed by atoms with Crippen LogP contribution in [0.15, 0.2) is 12.1 Å². The Bertz CT molecular complexity index is 487. The Hall–Kier alpha value is -2.15. The summed E-state index contributed by atoms with van der Waals surface area (Å²) in [6.07, 6.45) is 0.0720. The Morgan fingerprint density at radius 3 is 2.14 bits per heavy atom. The monoisotopic (exact) mass is 314 g/mol. The Morgan fingerprint density at radius 1 is 1.05 bits per heavy atom. The number of aliphatic hydroxyl groups is 1. The highest BCUT2D eigenvalue weighted by molar-refractivity contribution is 5.69. The number of ether oxygens (including phenoxy) is 5. The predicted molar refractivity (Wildman–Crippen MR) is 78.8 cm³/mol. The summed E-state index contributed by atoms with van der Waals surface area (Å²) in [7, 11) is 5.81. The fourth-order valence-corrected chi connectivity index (χ4v) is 1.89. The van der Waals surface area contributed by atoms with Crippen LogP contribution < -0.4 is 18.9 Å². The molecule has 0 amide bonds. The van der Waals surface area contributed by atoms with E-state index in [1.807, 2.05) is 0 Å². The van der Waals surface area contributed by atoms with E-state index >= 15 is 0 Å². The second kappa shape index (κ2) is 8.99. The van der Waals surface area contributed by atoms with Gasteiger partial charge in [0.1, 0.15) is 0 Å². The summed E-state index contributed by atoms with van der Waals surface area (Å²) < 4.78 is 26.0. The molecule has 0 heterocycles. The molecule has 1 aromatic carbocycles. The summed E-state index contributed by atoms with van der Waals surface area (Å²) in [6.45, 7) is -0.0534. The van der Waals surface area contributed by atoms with Gasteiger partial charge in [0, 0.05) is 12.5 Å². The van der Waals surface area contributed by atoms with Crippen LogP contribution in [0.2, 0.25) is 0 Å². The van der Waals surface area contributed by atoms with Gasteiger partial charge < -0.3 is 28.8 Å². The molecule has 1 rings (SSSR count). The zero-order chi connectivity index (χ0) is 16.5. The van der Waals surface area contributed by atoms with Gasteiger partial charge in [-0.1, -0.05) is 0 Å². The molecule has 1 atom stereocenters. The first-order chi connectivity index (χ1) is 10.6. The molecule has 0 fully saturated rings. The quantitative estimate of drug-likeness (QED) is 0.687. The van der Waals surface area contributed by atoms with E-state index in [1.54, 1.807) is 12.1 Å². The van der Waals surface area contributed by atoms with Crippen molar-refractivity contribution in [3.63, 3.8) is 0 Å². The van der Waals surface area contributed by atoms with E-state index in [0.717, 1.165) is 0 Å². The van der Waals surface area contributed by atoms with E-state index in [1.165, 1.54) is 28.4 Å². The van der Waals surface area contributed by atoms with E-state index in [0.29, 0.717) is 23.0 Å². The van der Waals surface area contributed by atoms with Crippen LogP contribution in [0.4, 0.5) is 0 Å². The highest BCUT2D eigenvalue weighted by Gasteiger charge is 2.19. The zero-order valence-corrected chi connectivity index (χ0v) is 13.3. The largest absolute Gasteiger partial charge is 0.493 e. The van der Waals surface area contributed by atoms with Crippen molar-refractivity contribution < 1.29 is 33.6 Å². The summed E-state index contributed by atoms with van der Waals surface area (Å²) in [5, 5.41) is 9.29. The molecule has 22 heavy (non-hydrogen) atoms. The second-order valence-corrected chi connectivity index (χ2v) is 4.47. The normalized spacial score (nSPS) is 11.5. The molecule has 7 heteroatoms. The SMILES string of the molecule is COC(=O)CC(CO)COc1ccc(OC)c(OC)c1OC. The highest BCUT2D eigenvalue weighted by atomic mass is 16.5. The van der Waals surface area contributed by atoms with Gasteiger partial charge in [0.2, 0.25) is 11.5 Å². The minimum Gasteiger partial charge on any atom is -0.493 e. The molecule has 0 aliphatic heterocycles. The third kappa shape index (κ3) is 4.42. The standard InChI is InChI=1S/C15H22O7/c1-18-11-5-6-12(15(21-4)14(11)20-3)22-9-10(8-16)7-13(17)19-2/h5-6,10,16H,7-9H2,1-4H3. The number of carbonyl (C=O) groups is 1. The molecule has 7 nitrogen and oxygen atoms in total. The van der Waals surface area contributed by atoms with E-state index in [-0.39, 0.29) is 25.6 Å². The van der Waals surface area contributed by atoms with Crippen molar-refractivity contribution in [2.45, 2.75) is 6.42 Å². The van der Waals surface area contributed by atoms with E-state index in [2.05, 4.69) is 4.74 Å². The van der Waals surface area contributed by atoms with Gasteiger partial charge in [-0.2, -0.15) is 0 Å². The van der Waals surface area contributed by atoms with Gasteiger partial charge in [0.15, 0.2) is 11.5 Å². The number of rotatable bonds is 9. The van der Waals surface area contributed by atoms with Crippen LogP contribution in [0.5, 0.6) is 23.0 Å². The van der Waals surface area contributed by atoms with Gasteiger partial charge in [-0.25, -0.2) is 0 Å². The Kier molecular flexibility index (Phi) is 7.31. The molecule has 0 radical (unpaired) electrons. The van der Waals surface area contributed by atoms with Crippen LogP contribution in [0, 0.1) is 5.92 Å². The fourth-order valence-electron chi connectivity index (χ4n) is 1.89. The van der Waals surface area contributed by atoms with Gasteiger partial charge in [0.05, 0.1) is 41.5 Å². The lowest BCUT2D eigenvalue weighted by atomic mass is 10.1. The van der Waals surface area contributed by atoms with Crippen molar-refractivity contribution >= 4 is 5.97 Å². The minimum absolute atomic E-state index is 0.0720. The molecular formula is C15H22O7.